The third-order valence-corrected chi connectivity index (χ3v) is 3.03. The predicted octanol–water partition coefficient (Wildman–Crippen LogP) is 1.45. The number of furan rings is 1. The molecule has 102 valence electrons. The van der Waals surface area contributed by atoms with Crippen LogP contribution in [0.5, 0.6) is 0 Å². The number of carboxylic acids is 1. The van der Waals surface area contributed by atoms with E-state index in [4.69, 9.17) is 9.52 Å². The number of amides is 2. The molecule has 0 radical (unpaired) electrons. The van der Waals surface area contributed by atoms with Crippen LogP contribution in [-0.4, -0.2) is 35.1 Å². The highest BCUT2D eigenvalue weighted by atomic mass is 16.4. The van der Waals surface area contributed by atoms with E-state index < -0.39 is 11.9 Å². The normalized spacial score (nSPS) is 21.3. The standard InChI is InChI=1S/C13H16N2O4/c1-15(8-11-3-2-6-19-11)13(18)14-10-5-4-9(7-10)12(16)17/h2-6,9-10H,7-8H2,1H3,(H,14,18)(H,16,17). The first-order valence-corrected chi connectivity index (χ1v) is 6.01. The third kappa shape index (κ3) is 3.37. The molecule has 0 aromatic carbocycles. The number of urea groups is 1. The molecule has 0 bridgehead atoms. The van der Waals surface area contributed by atoms with Gasteiger partial charge in [-0.25, -0.2) is 4.79 Å². The molecule has 19 heavy (non-hydrogen) atoms. The van der Waals surface area contributed by atoms with Gasteiger partial charge >= 0.3 is 12.0 Å². The van der Waals surface area contributed by atoms with E-state index in [1.165, 1.54) is 4.90 Å². The van der Waals surface area contributed by atoms with E-state index in [1.807, 2.05) is 0 Å². The van der Waals surface area contributed by atoms with Gasteiger partial charge in [-0.2, -0.15) is 0 Å². The highest BCUT2D eigenvalue weighted by Gasteiger charge is 2.26. The lowest BCUT2D eigenvalue weighted by molar-refractivity contribution is -0.140. The summed E-state index contributed by atoms with van der Waals surface area (Å²) >= 11 is 0. The number of nitrogens with zero attached hydrogens (tertiary/aromatic N) is 1. The summed E-state index contributed by atoms with van der Waals surface area (Å²) in [5.41, 5.74) is 0. The van der Waals surface area contributed by atoms with Crippen molar-refractivity contribution >= 4 is 12.0 Å². The van der Waals surface area contributed by atoms with Crippen LogP contribution in [0.4, 0.5) is 4.79 Å². The lowest BCUT2D eigenvalue weighted by Crippen LogP contribution is -2.41. The summed E-state index contributed by atoms with van der Waals surface area (Å²) in [6.45, 7) is 0.373. The molecule has 6 nitrogen and oxygen atoms in total. The van der Waals surface area contributed by atoms with E-state index >= 15 is 0 Å². The fraction of sp³-hybridized carbons (Fsp3) is 0.385. The van der Waals surface area contributed by atoms with Crippen LogP contribution < -0.4 is 5.32 Å². The summed E-state index contributed by atoms with van der Waals surface area (Å²) in [6.07, 6.45) is 5.28. The Bertz CT molecular complexity index is 481. The minimum absolute atomic E-state index is 0.229. The van der Waals surface area contributed by atoms with Gasteiger partial charge in [0.1, 0.15) is 5.76 Å². The van der Waals surface area contributed by atoms with Crippen molar-refractivity contribution in [2.24, 2.45) is 5.92 Å². The molecule has 0 aliphatic heterocycles. The highest BCUT2D eigenvalue weighted by Crippen LogP contribution is 2.18. The molecule has 6 heteroatoms. The number of rotatable bonds is 4. The number of carbonyl (C=O) groups excluding carboxylic acids is 1. The molecule has 1 aromatic heterocycles. The summed E-state index contributed by atoms with van der Waals surface area (Å²) in [5, 5.41) is 11.6. The summed E-state index contributed by atoms with van der Waals surface area (Å²) in [5.74, 6) is -0.680. The highest BCUT2D eigenvalue weighted by molar-refractivity contribution is 5.76. The smallest absolute Gasteiger partial charge is 0.318 e. The zero-order chi connectivity index (χ0) is 13.8. The Balaban J connectivity index is 1.81. The number of hydrogen-bond donors (Lipinski definition) is 2. The second-order valence-electron chi connectivity index (χ2n) is 4.56. The van der Waals surface area contributed by atoms with Gasteiger partial charge in [0.15, 0.2) is 0 Å². The van der Waals surface area contributed by atoms with Gasteiger partial charge in [-0.05, 0) is 18.6 Å². The van der Waals surface area contributed by atoms with Crippen molar-refractivity contribution in [3.05, 3.63) is 36.3 Å². The first-order chi connectivity index (χ1) is 9.06. The third-order valence-electron chi connectivity index (χ3n) is 3.03. The summed E-state index contributed by atoms with van der Waals surface area (Å²) < 4.78 is 5.16. The Hall–Kier alpha value is -2.24. The molecule has 2 unspecified atom stereocenters. The topological polar surface area (TPSA) is 82.8 Å². The van der Waals surface area contributed by atoms with E-state index in [9.17, 15) is 9.59 Å². The lowest BCUT2D eigenvalue weighted by Gasteiger charge is -2.19. The molecule has 1 aliphatic carbocycles. The van der Waals surface area contributed by atoms with E-state index in [-0.39, 0.29) is 12.1 Å². The van der Waals surface area contributed by atoms with Crippen molar-refractivity contribution in [3.8, 4) is 0 Å². The average Bonchev–Trinajstić information content (AvgIpc) is 2.99. The second kappa shape index (κ2) is 5.60. The van der Waals surface area contributed by atoms with Crippen molar-refractivity contribution in [3.63, 3.8) is 0 Å². The SMILES string of the molecule is CN(Cc1ccco1)C(=O)NC1C=CC(C(=O)O)C1. The average molecular weight is 264 g/mol. The summed E-state index contributed by atoms with van der Waals surface area (Å²) in [7, 11) is 1.66. The molecule has 1 aliphatic rings. The van der Waals surface area contributed by atoms with Crippen LogP contribution in [0.1, 0.15) is 12.2 Å². The van der Waals surface area contributed by atoms with Gasteiger partial charge in [0.25, 0.3) is 0 Å². The Morgan fingerprint density at radius 3 is 2.89 bits per heavy atom. The van der Waals surface area contributed by atoms with E-state index in [0.717, 1.165) is 0 Å². The predicted molar refractivity (Wildman–Crippen MR) is 67.4 cm³/mol. The van der Waals surface area contributed by atoms with Gasteiger partial charge in [0.05, 0.1) is 24.8 Å². The monoisotopic (exact) mass is 264 g/mol. The maximum absolute atomic E-state index is 11.9. The Kier molecular flexibility index (Phi) is 3.89. The van der Waals surface area contributed by atoms with E-state index in [0.29, 0.717) is 18.7 Å². The first kappa shape index (κ1) is 13.2. The maximum Gasteiger partial charge on any atom is 0.318 e. The van der Waals surface area contributed by atoms with Gasteiger partial charge in [-0.1, -0.05) is 12.2 Å². The molecule has 2 atom stereocenters. The van der Waals surface area contributed by atoms with Crippen molar-refractivity contribution in [1.29, 1.82) is 0 Å². The van der Waals surface area contributed by atoms with Crippen LogP contribution >= 0.6 is 0 Å². The van der Waals surface area contributed by atoms with Gasteiger partial charge in [0.2, 0.25) is 0 Å². The number of hydrogen-bond acceptors (Lipinski definition) is 3. The number of nitrogens with one attached hydrogen (secondary N) is 1. The van der Waals surface area contributed by atoms with Crippen LogP contribution in [-0.2, 0) is 11.3 Å². The van der Waals surface area contributed by atoms with Crippen molar-refractivity contribution in [1.82, 2.24) is 10.2 Å². The molecule has 0 fully saturated rings. The van der Waals surface area contributed by atoms with Crippen LogP contribution in [0.3, 0.4) is 0 Å². The molecule has 1 heterocycles. The number of carbonyl (C=O) groups is 2. The van der Waals surface area contributed by atoms with Crippen LogP contribution in [0.25, 0.3) is 0 Å². The second-order valence-corrected chi connectivity index (χ2v) is 4.56. The molecule has 0 saturated heterocycles. The van der Waals surface area contributed by atoms with Gasteiger partial charge in [0, 0.05) is 7.05 Å². The van der Waals surface area contributed by atoms with E-state index in [2.05, 4.69) is 5.32 Å². The largest absolute Gasteiger partial charge is 0.481 e. The Labute approximate surface area is 110 Å². The van der Waals surface area contributed by atoms with Crippen molar-refractivity contribution in [2.75, 3.05) is 7.05 Å². The number of carboxylic acid groups (broad SMARTS) is 1. The zero-order valence-electron chi connectivity index (χ0n) is 10.6. The quantitative estimate of drug-likeness (QED) is 0.806. The summed E-state index contributed by atoms with van der Waals surface area (Å²) in [6, 6.07) is 3.07. The molecular weight excluding hydrogens is 248 g/mol. The molecule has 2 rings (SSSR count). The van der Waals surface area contributed by atoms with Gasteiger partial charge in [-0.3, -0.25) is 4.79 Å². The van der Waals surface area contributed by atoms with Crippen molar-refractivity contribution < 1.29 is 19.1 Å². The minimum atomic E-state index is -0.864. The Morgan fingerprint density at radius 2 is 2.32 bits per heavy atom. The summed E-state index contributed by atoms with van der Waals surface area (Å²) in [4.78, 5) is 24.2. The maximum atomic E-state index is 11.9. The zero-order valence-corrected chi connectivity index (χ0v) is 10.6. The molecule has 2 amide bonds. The van der Waals surface area contributed by atoms with Gasteiger partial charge in [-0.15, -0.1) is 0 Å². The molecule has 1 aromatic rings. The van der Waals surface area contributed by atoms with Crippen LogP contribution in [0.2, 0.25) is 0 Å². The van der Waals surface area contributed by atoms with Crippen LogP contribution in [0.15, 0.2) is 35.0 Å². The Morgan fingerprint density at radius 1 is 1.53 bits per heavy atom. The molecular formula is C13H16N2O4. The van der Waals surface area contributed by atoms with Crippen LogP contribution in [0, 0.1) is 5.92 Å². The fourth-order valence-corrected chi connectivity index (χ4v) is 1.97. The lowest BCUT2D eigenvalue weighted by atomic mass is 10.1. The first-order valence-electron chi connectivity index (χ1n) is 6.01. The van der Waals surface area contributed by atoms with Gasteiger partial charge < -0.3 is 19.7 Å². The van der Waals surface area contributed by atoms with E-state index in [1.54, 1.807) is 37.6 Å². The molecule has 0 spiro atoms. The molecule has 0 saturated carbocycles. The fourth-order valence-electron chi connectivity index (χ4n) is 1.97. The molecule has 2 N–H and O–H groups in total. The van der Waals surface area contributed by atoms with Crippen molar-refractivity contribution in [2.45, 2.75) is 19.0 Å². The number of aliphatic carboxylic acids is 1. The minimum Gasteiger partial charge on any atom is -0.481 e.